The number of esters is 1. The molecular formula is C23H46O2. The molecule has 0 bridgehead atoms. The minimum atomic E-state index is -0.424. The zero-order valence-corrected chi connectivity index (χ0v) is 19.1. The van der Waals surface area contributed by atoms with Gasteiger partial charge in [0.25, 0.3) is 0 Å². The fourth-order valence-corrected chi connectivity index (χ4v) is 3.37. The van der Waals surface area contributed by atoms with Gasteiger partial charge in [-0.2, -0.15) is 0 Å². The Kier molecular flexibility index (Phi) is 9.22. The lowest BCUT2D eigenvalue weighted by Gasteiger charge is -2.44. The van der Waals surface area contributed by atoms with E-state index in [0.717, 1.165) is 18.3 Å². The second-order valence-corrected chi connectivity index (χ2v) is 10.6. The minimum Gasteiger partial charge on any atom is -0.459 e. The Morgan fingerprint density at radius 1 is 0.960 bits per heavy atom. The first-order valence-corrected chi connectivity index (χ1v) is 10.4. The molecule has 1 aliphatic carbocycles. The van der Waals surface area contributed by atoms with Crippen LogP contribution in [0, 0.1) is 28.6 Å². The SMILES string of the molecule is CC(C)C.CCC(C)(C(=O)OC(C)(C)C1CCC(C)CC1)C(C)(C)C. The molecular weight excluding hydrogens is 308 g/mol. The lowest BCUT2D eigenvalue weighted by atomic mass is 9.66. The molecule has 25 heavy (non-hydrogen) atoms. The summed E-state index contributed by atoms with van der Waals surface area (Å²) in [5, 5.41) is 0. The molecule has 1 rings (SSSR count). The molecule has 0 spiro atoms. The zero-order chi connectivity index (χ0) is 20.1. The van der Waals surface area contributed by atoms with E-state index >= 15 is 0 Å². The van der Waals surface area contributed by atoms with Crippen LogP contribution in [0.2, 0.25) is 0 Å². The average molecular weight is 355 g/mol. The van der Waals surface area contributed by atoms with Crippen molar-refractivity contribution in [3.63, 3.8) is 0 Å². The van der Waals surface area contributed by atoms with E-state index < -0.39 is 5.41 Å². The summed E-state index contributed by atoms with van der Waals surface area (Å²) in [5.74, 6) is 2.13. The van der Waals surface area contributed by atoms with Crippen LogP contribution in [0.4, 0.5) is 0 Å². The fraction of sp³-hybridized carbons (Fsp3) is 0.957. The highest BCUT2D eigenvalue weighted by Gasteiger charge is 2.47. The van der Waals surface area contributed by atoms with Crippen molar-refractivity contribution in [2.45, 2.75) is 114 Å². The molecule has 1 aliphatic rings. The highest BCUT2D eigenvalue weighted by molar-refractivity contribution is 5.77. The summed E-state index contributed by atoms with van der Waals surface area (Å²) in [7, 11) is 0. The Hall–Kier alpha value is -0.530. The Bertz CT molecular complexity index is 392. The molecule has 150 valence electrons. The van der Waals surface area contributed by atoms with Crippen molar-refractivity contribution in [2.75, 3.05) is 0 Å². The van der Waals surface area contributed by atoms with Gasteiger partial charge in [0.05, 0.1) is 5.41 Å². The van der Waals surface area contributed by atoms with Crippen LogP contribution < -0.4 is 0 Å². The van der Waals surface area contributed by atoms with Crippen molar-refractivity contribution >= 4 is 5.97 Å². The minimum absolute atomic E-state index is 0.0267. The highest BCUT2D eigenvalue weighted by Crippen LogP contribution is 2.45. The number of ether oxygens (including phenoxy) is 1. The van der Waals surface area contributed by atoms with Gasteiger partial charge in [-0.1, -0.05) is 68.2 Å². The molecule has 0 aromatic rings. The molecule has 0 aromatic carbocycles. The van der Waals surface area contributed by atoms with Crippen LogP contribution in [0.1, 0.15) is 108 Å². The van der Waals surface area contributed by atoms with E-state index in [0.29, 0.717) is 5.92 Å². The molecule has 0 aromatic heterocycles. The van der Waals surface area contributed by atoms with Gasteiger partial charge in [-0.15, -0.1) is 0 Å². The number of hydrogen-bond acceptors (Lipinski definition) is 2. The van der Waals surface area contributed by atoms with Crippen molar-refractivity contribution in [2.24, 2.45) is 28.6 Å². The van der Waals surface area contributed by atoms with Gasteiger partial charge in [-0.05, 0) is 63.2 Å². The van der Waals surface area contributed by atoms with Crippen LogP contribution in [-0.2, 0) is 9.53 Å². The van der Waals surface area contributed by atoms with Gasteiger partial charge in [0.15, 0.2) is 0 Å². The van der Waals surface area contributed by atoms with Crippen molar-refractivity contribution in [1.82, 2.24) is 0 Å². The third kappa shape index (κ3) is 7.31. The summed E-state index contributed by atoms with van der Waals surface area (Å²) in [6.07, 6.45) is 5.69. The molecule has 1 atom stereocenters. The standard InChI is InChI=1S/C19H36O2.C4H10/c1-9-19(8,17(3,4)5)16(20)21-18(6,7)15-12-10-14(2)11-13-15;1-4(2)3/h14-15H,9-13H2,1-8H3;4H,1-3H3. The molecule has 1 fully saturated rings. The second kappa shape index (κ2) is 9.42. The quantitative estimate of drug-likeness (QED) is 0.496. The number of carbonyl (C=O) groups is 1. The normalized spacial score (nSPS) is 24.2. The number of rotatable bonds is 4. The van der Waals surface area contributed by atoms with Gasteiger partial charge in [0, 0.05) is 0 Å². The van der Waals surface area contributed by atoms with Crippen molar-refractivity contribution in [3.8, 4) is 0 Å². The highest BCUT2D eigenvalue weighted by atomic mass is 16.6. The fourth-order valence-electron chi connectivity index (χ4n) is 3.37. The predicted octanol–water partition coefficient (Wildman–Crippen LogP) is 7.26. The summed E-state index contributed by atoms with van der Waals surface area (Å²) in [6, 6.07) is 0. The monoisotopic (exact) mass is 354 g/mol. The van der Waals surface area contributed by atoms with Gasteiger partial charge >= 0.3 is 5.97 Å². The molecule has 0 N–H and O–H groups in total. The molecule has 2 heteroatoms. The average Bonchev–Trinajstić information content (AvgIpc) is 2.44. The van der Waals surface area contributed by atoms with Crippen molar-refractivity contribution in [1.29, 1.82) is 0 Å². The maximum Gasteiger partial charge on any atom is 0.312 e. The van der Waals surface area contributed by atoms with E-state index in [-0.39, 0.29) is 17.0 Å². The van der Waals surface area contributed by atoms with E-state index in [2.05, 4.69) is 69.2 Å². The van der Waals surface area contributed by atoms with Crippen LogP contribution in [0.15, 0.2) is 0 Å². The van der Waals surface area contributed by atoms with Crippen LogP contribution >= 0.6 is 0 Å². The second-order valence-electron chi connectivity index (χ2n) is 10.6. The summed E-state index contributed by atoms with van der Waals surface area (Å²) in [5.41, 5.74) is -0.860. The Morgan fingerprint density at radius 2 is 1.36 bits per heavy atom. The predicted molar refractivity (Wildman–Crippen MR) is 110 cm³/mol. The first kappa shape index (κ1) is 24.5. The van der Waals surface area contributed by atoms with Crippen LogP contribution in [-0.4, -0.2) is 11.6 Å². The van der Waals surface area contributed by atoms with Crippen molar-refractivity contribution in [3.05, 3.63) is 0 Å². The Morgan fingerprint density at radius 3 is 1.68 bits per heavy atom. The molecule has 0 aliphatic heterocycles. The van der Waals surface area contributed by atoms with E-state index in [1.165, 1.54) is 25.7 Å². The molecule has 0 heterocycles. The van der Waals surface area contributed by atoms with Gasteiger partial charge in [0.2, 0.25) is 0 Å². The molecule has 0 amide bonds. The lowest BCUT2D eigenvalue weighted by molar-refractivity contribution is -0.182. The van der Waals surface area contributed by atoms with Crippen LogP contribution in [0.3, 0.4) is 0 Å². The zero-order valence-electron chi connectivity index (χ0n) is 19.1. The third-order valence-corrected chi connectivity index (χ3v) is 6.17. The van der Waals surface area contributed by atoms with Gasteiger partial charge in [-0.3, -0.25) is 4.79 Å². The molecule has 1 saturated carbocycles. The number of hydrogen-bond donors (Lipinski definition) is 0. The van der Waals surface area contributed by atoms with Gasteiger partial charge < -0.3 is 4.74 Å². The molecule has 0 saturated heterocycles. The maximum atomic E-state index is 12.8. The van der Waals surface area contributed by atoms with Crippen molar-refractivity contribution < 1.29 is 9.53 Å². The lowest BCUT2D eigenvalue weighted by Crippen LogP contribution is -2.47. The molecule has 0 radical (unpaired) electrons. The summed E-state index contributed by atoms with van der Waals surface area (Å²) < 4.78 is 6.06. The van der Waals surface area contributed by atoms with Crippen LogP contribution in [0.25, 0.3) is 0 Å². The number of carbonyl (C=O) groups excluding carboxylic acids is 1. The third-order valence-electron chi connectivity index (χ3n) is 6.17. The van der Waals surface area contributed by atoms with E-state index in [4.69, 9.17) is 4.74 Å². The first-order chi connectivity index (χ1) is 11.2. The molecule has 2 nitrogen and oxygen atoms in total. The largest absolute Gasteiger partial charge is 0.459 e. The van der Waals surface area contributed by atoms with Gasteiger partial charge in [0.1, 0.15) is 5.60 Å². The topological polar surface area (TPSA) is 26.3 Å². The smallest absolute Gasteiger partial charge is 0.312 e. The van der Waals surface area contributed by atoms with Gasteiger partial charge in [-0.25, -0.2) is 0 Å². The summed E-state index contributed by atoms with van der Waals surface area (Å²) in [4.78, 5) is 12.8. The van der Waals surface area contributed by atoms with E-state index in [1.54, 1.807) is 0 Å². The van der Waals surface area contributed by atoms with E-state index in [9.17, 15) is 4.79 Å². The summed E-state index contributed by atoms with van der Waals surface area (Å²) >= 11 is 0. The molecule has 1 unspecified atom stereocenters. The Labute approximate surface area is 158 Å². The van der Waals surface area contributed by atoms with E-state index in [1.807, 2.05) is 6.92 Å². The maximum absolute atomic E-state index is 12.8. The first-order valence-electron chi connectivity index (χ1n) is 10.4. The summed E-state index contributed by atoms with van der Waals surface area (Å²) in [6.45, 7) is 23.6. The Balaban J connectivity index is 0.00000129. The van der Waals surface area contributed by atoms with Crippen LogP contribution in [0.5, 0.6) is 0 Å².